The summed E-state index contributed by atoms with van der Waals surface area (Å²) >= 11 is 0. The maximum Gasteiger partial charge on any atom is 0.221 e. The fraction of sp³-hybridized carbons (Fsp3) is 0.667. The minimum atomic E-state index is 0.115. The quantitative estimate of drug-likeness (QED) is 0.758. The molecule has 0 saturated carbocycles. The van der Waals surface area contributed by atoms with Crippen LogP contribution in [0.3, 0.4) is 0 Å². The molecule has 2 N–H and O–H groups in total. The monoisotopic (exact) mass is 265 g/mol. The molecule has 1 rings (SSSR count). The van der Waals surface area contributed by atoms with Crippen LogP contribution in [0.25, 0.3) is 0 Å². The van der Waals surface area contributed by atoms with Gasteiger partial charge in [-0.3, -0.25) is 4.79 Å². The second-order valence-corrected chi connectivity index (χ2v) is 5.27. The highest BCUT2D eigenvalue weighted by Gasteiger charge is 2.10. The number of hydrogen-bond donors (Lipinski definition) is 2. The Labute approximate surface area is 116 Å². The largest absolute Gasteiger partial charge is 0.354 e. The van der Waals surface area contributed by atoms with E-state index in [1.165, 1.54) is 5.69 Å². The Kier molecular flexibility index (Phi) is 6.64. The number of rotatable bonds is 8. The van der Waals surface area contributed by atoms with Crippen LogP contribution in [0.1, 0.15) is 52.3 Å². The SMILES string of the molecule is CCCNC(C)c1cccn1CCC(=O)NC(C)C. The molecule has 1 atom stereocenters. The third-order valence-electron chi connectivity index (χ3n) is 3.04. The number of carbonyl (C=O) groups is 1. The molecule has 0 aliphatic carbocycles. The first-order valence-corrected chi connectivity index (χ1v) is 7.22. The number of aromatic nitrogens is 1. The van der Waals surface area contributed by atoms with Crippen molar-refractivity contribution in [1.29, 1.82) is 0 Å². The number of hydrogen-bond acceptors (Lipinski definition) is 2. The minimum absolute atomic E-state index is 0.115. The summed E-state index contributed by atoms with van der Waals surface area (Å²) in [7, 11) is 0. The first kappa shape index (κ1) is 15.8. The van der Waals surface area contributed by atoms with Gasteiger partial charge in [-0.05, 0) is 45.9 Å². The lowest BCUT2D eigenvalue weighted by Gasteiger charge is -2.17. The van der Waals surface area contributed by atoms with E-state index in [2.05, 4.69) is 35.1 Å². The van der Waals surface area contributed by atoms with E-state index >= 15 is 0 Å². The maximum atomic E-state index is 11.7. The summed E-state index contributed by atoms with van der Waals surface area (Å²) in [6.45, 7) is 10.0. The van der Waals surface area contributed by atoms with Crippen molar-refractivity contribution >= 4 is 5.91 Å². The van der Waals surface area contributed by atoms with Crippen molar-refractivity contribution in [1.82, 2.24) is 15.2 Å². The number of aryl methyl sites for hydroxylation is 1. The predicted molar refractivity (Wildman–Crippen MR) is 79.0 cm³/mol. The fourth-order valence-corrected chi connectivity index (χ4v) is 2.11. The molecule has 0 aliphatic heterocycles. The minimum Gasteiger partial charge on any atom is -0.354 e. The van der Waals surface area contributed by atoms with Crippen LogP contribution in [-0.2, 0) is 11.3 Å². The van der Waals surface area contributed by atoms with E-state index in [0.717, 1.165) is 19.5 Å². The molecule has 0 bridgehead atoms. The molecule has 0 saturated heterocycles. The molecule has 0 aliphatic rings. The second-order valence-electron chi connectivity index (χ2n) is 5.27. The van der Waals surface area contributed by atoms with Crippen LogP contribution in [0, 0.1) is 0 Å². The summed E-state index contributed by atoms with van der Waals surface area (Å²) in [5.41, 5.74) is 1.24. The van der Waals surface area contributed by atoms with Crippen molar-refractivity contribution in [3.05, 3.63) is 24.0 Å². The highest BCUT2D eigenvalue weighted by atomic mass is 16.1. The molecule has 1 amide bonds. The Balaban J connectivity index is 2.50. The van der Waals surface area contributed by atoms with Gasteiger partial charge in [-0.15, -0.1) is 0 Å². The molecular formula is C15H27N3O. The van der Waals surface area contributed by atoms with Gasteiger partial charge in [0, 0.05) is 36.9 Å². The van der Waals surface area contributed by atoms with Gasteiger partial charge in [0.15, 0.2) is 0 Å². The van der Waals surface area contributed by atoms with Crippen molar-refractivity contribution in [2.24, 2.45) is 0 Å². The standard InChI is InChI=1S/C15H27N3O/c1-5-9-16-13(4)14-7-6-10-18(14)11-8-15(19)17-12(2)3/h6-7,10,12-13,16H,5,8-9,11H2,1-4H3,(H,17,19). The highest BCUT2D eigenvalue weighted by molar-refractivity contribution is 5.76. The van der Waals surface area contributed by atoms with Gasteiger partial charge in [0.1, 0.15) is 0 Å². The van der Waals surface area contributed by atoms with E-state index in [-0.39, 0.29) is 11.9 Å². The fourth-order valence-electron chi connectivity index (χ4n) is 2.11. The summed E-state index contributed by atoms with van der Waals surface area (Å²) in [6.07, 6.45) is 3.70. The molecule has 19 heavy (non-hydrogen) atoms. The molecule has 1 heterocycles. The Morgan fingerprint density at radius 2 is 2.11 bits per heavy atom. The van der Waals surface area contributed by atoms with Crippen molar-refractivity contribution < 1.29 is 4.79 Å². The molecule has 108 valence electrons. The van der Waals surface area contributed by atoms with E-state index in [4.69, 9.17) is 0 Å². The average molecular weight is 265 g/mol. The van der Waals surface area contributed by atoms with E-state index in [9.17, 15) is 4.79 Å². The van der Waals surface area contributed by atoms with Crippen LogP contribution in [0.2, 0.25) is 0 Å². The van der Waals surface area contributed by atoms with Gasteiger partial charge in [0.2, 0.25) is 5.91 Å². The van der Waals surface area contributed by atoms with Crippen LogP contribution in [0.4, 0.5) is 0 Å². The summed E-state index contributed by atoms with van der Waals surface area (Å²) < 4.78 is 2.16. The Morgan fingerprint density at radius 3 is 2.74 bits per heavy atom. The van der Waals surface area contributed by atoms with Gasteiger partial charge in [0.25, 0.3) is 0 Å². The zero-order valence-electron chi connectivity index (χ0n) is 12.6. The van der Waals surface area contributed by atoms with E-state index in [1.807, 2.05) is 26.1 Å². The van der Waals surface area contributed by atoms with Gasteiger partial charge in [-0.1, -0.05) is 6.92 Å². The molecule has 4 nitrogen and oxygen atoms in total. The maximum absolute atomic E-state index is 11.7. The van der Waals surface area contributed by atoms with Crippen LogP contribution in [-0.4, -0.2) is 23.1 Å². The highest BCUT2D eigenvalue weighted by Crippen LogP contribution is 2.13. The first-order valence-electron chi connectivity index (χ1n) is 7.22. The molecule has 0 spiro atoms. The van der Waals surface area contributed by atoms with Crippen LogP contribution in [0.5, 0.6) is 0 Å². The lowest BCUT2D eigenvalue weighted by Crippen LogP contribution is -2.31. The first-order chi connectivity index (χ1) is 9.04. The molecule has 0 radical (unpaired) electrons. The molecule has 1 aromatic rings. The second kappa shape index (κ2) is 8.00. The van der Waals surface area contributed by atoms with Crippen molar-refractivity contribution in [3.63, 3.8) is 0 Å². The third-order valence-corrected chi connectivity index (χ3v) is 3.04. The Bertz CT molecular complexity index is 384. The molecule has 4 heteroatoms. The number of carbonyl (C=O) groups excluding carboxylic acids is 1. The summed E-state index contributed by atoms with van der Waals surface area (Å²) in [6, 6.07) is 4.69. The molecular weight excluding hydrogens is 238 g/mol. The molecule has 0 aromatic carbocycles. The lowest BCUT2D eigenvalue weighted by molar-refractivity contribution is -0.121. The molecule has 0 fully saturated rings. The van der Waals surface area contributed by atoms with Gasteiger partial charge < -0.3 is 15.2 Å². The predicted octanol–water partition coefficient (Wildman–Crippen LogP) is 2.46. The summed E-state index contributed by atoms with van der Waals surface area (Å²) in [5.74, 6) is 0.115. The van der Waals surface area contributed by atoms with Crippen LogP contribution < -0.4 is 10.6 Å². The van der Waals surface area contributed by atoms with Gasteiger partial charge in [-0.25, -0.2) is 0 Å². The lowest BCUT2D eigenvalue weighted by atomic mass is 10.2. The van der Waals surface area contributed by atoms with Crippen LogP contribution >= 0.6 is 0 Å². The summed E-state index contributed by atoms with van der Waals surface area (Å²) in [5, 5.41) is 6.39. The van der Waals surface area contributed by atoms with Crippen molar-refractivity contribution in [3.8, 4) is 0 Å². The third kappa shape index (κ3) is 5.47. The summed E-state index contributed by atoms with van der Waals surface area (Å²) in [4.78, 5) is 11.7. The van der Waals surface area contributed by atoms with Crippen molar-refractivity contribution in [2.75, 3.05) is 6.54 Å². The topological polar surface area (TPSA) is 46.1 Å². The number of amides is 1. The number of nitrogens with zero attached hydrogens (tertiary/aromatic N) is 1. The normalized spacial score (nSPS) is 12.7. The average Bonchev–Trinajstić information content (AvgIpc) is 2.81. The van der Waals surface area contributed by atoms with Gasteiger partial charge in [-0.2, -0.15) is 0 Å². The van der Waals surface area contributed by atoms with E-state index in [1.54, 1.807) is 0 Å². The van der Waals surface area contributed by atoms with Gasteiger partial charge in [0.05, 0.1) is 0 Å². The number of nitrogens with one attached hydrogen (secondary N) is 2. The zero-order chi connectivity index (χ0) is 14.3. The molecule has 1 aromatic heterocycles. The van der Waals surface area contributed by atoms with E-state index < -0.39 is 0 Å². The van der Waals surface area contributed by atoms with E-state index in [0.29, 0.717) is 12.5 Å². The smallest absolute Gasteiger partial charge is 0.221 e. The molecule has 1 unspecified atom stereocenters. The zero-order valence-corrected chi connectivity index (χ0v) is 12.6. The van der Waals surface area contributed by atoms with Gasteiger partial charge >= 0.3 is 0 Å². The van der Waals surface area contributed by atoms with Crippen molar-refractivity contribution in [2.45, 2.75) is 59.2 Å². The Hall–Kier alpha value is -1.29. The van der Waals surface area contributed by atoms with Crippen LogP contribution in [0.15, 0.2) is 18.3 Å². The Morgan fingerprint density at radius 1 is 1.37 bits per heavy atom.